The van der Waals surface area contributed by atoms with Gasteiger partial charge in [-0.25, -0.2) is 0 Å². The van der Waals surface area contributed by atoms with Gasteiger partial charge in [-0.2, -0.15) is 0 Å². The summed E-state index contributed by atoms with van der Waals surface area (Å²) in [7, 11) is 3.97. The van der Waals surface area contributed by atoms with E-state index in [-0.39, 0.29) is 17.5 Å². The quantitative estimate of drug-likeness (QED) is 0.750. The molecule has 3 rings (SSSR count). The Morgan fingerprint density at radius 1 is 1.25 bits per heavy atom. The van der Waals surface area contributed by atoms with Crippen LogP contribution < -0.4 is 10.9 Å². The number of aromatic amines is 1. The lowest BCUT2D eigenvalue weighted by atomic mass is 10.1. The Bertz CT molecular complexity index is 900. The van der Waals surface area contributed by atoms with Crippen LogP contribution in [0.25, 0.3) is 10.9 Å². The lowest BCUT2D eigenvalue weighted by Crippen LogP contribution is -2.34. The molecule has 2 heterocycles. The molecule has 1 unspecified atom stereocenters. The molecule has 0 radical (unpaired) electrons. The third kappa shape index (κ3) is 3.39. The standard InChI is InChI=1S/C18H19N3O2S/c1-21(2)15(16-8-5-9-24-16)11-19-18(23)13-10-17(22)20-14-7-4-3-6-12(13)14/h3-10,15H,11H2,1-2H3,(H,19,23)(H,20,22). The summed E-state index contributed by atoms with van der Waals surface area (Å²) in [6.45, 7) is 0.480. The zero-order valence-electron chi connectivity index (χ0n) is 13.6. The number of fused-ring (bicyclic) bond motifs is 1. The van der Waals surface area contributed by atoms with Crippen LogP contribution in [0.4, 0.5) is 0 Å². The van der Waals surface area contributed by atoms with Crippen molar-refractivity contribution in [3.8, 4) is 0 Å². The Balaban J connectivity index is 1.84. The van der Waals surface area contributed by atoms with E-state index in [0.29, 0.717) is 17.6 Å². The third-order valence-electron chi connectivity index (χ3n) is 3.95. The summed E-state index contributed by atoms with van der Waals surface area (Å²) in [6, 6.07) is 12.8. The van der Waals surface area contributed by atoms with Crippen molar-refractivity contribution in [3.63, 3.8) is 0 Å². The zero-order valence-corrected chi connectivity index (χ0v) is 14.4. The predicted octanol–water partition coefficient (Wildman–Crippen LogP) is 2.62. The van der Waals surface area contributed by atoms with Crippen molar-refractivity contribution in [2.24, 2.45) is 0 Å². The van der Waals surface area contributed by atoms with Crippen LogP contribution in [-0.2, 0) is 0 Å². The fourth-order valence-electron chi connectivity index (χ4n) is 2.70. The van der Waals surface area contributed by atoms with E-state index in [0.717, 1.165) is 5.39 Å². The van der Waals surface area contributed by atoms with Gasteiger partial charge < -0.3 is 15.2 Å². The lowest BCUT2D eigenvalue weighted by Gasteiger charge is -2.23. The number of carbonyl (C=O) groups is 1. The van der Waals surface area contributed by atoms with Crippen molar-refractivity contribution < 1.29 is 4.79 Å². The van der Waals surface area contributed by atoms with E-state index in [1.807, 2.05) is 43.7 Å². The number of nitrogens with zero attached hydrogens (tertiary/aromatic N) is 1. The highest BCUT2D eigenvalue weighted by atomic mass is 32.1. The topological polar surface area (TPSA) is 65.2 Å². The molecule has 0 spiro atoms. The predicted molar refractivity (Wildman–Crippen MR) is 97.6 cm³/mol. The number of pyridine rings is 1. The number of rotatable bonds is 5. The first-order valence-corrected chi connectivity index (χ1v) is 8.54. The first kappa shape index (κ1) is 16.4. The van der Waals surface area contributed by atoms with E-state index in [4.69, 9.17) is 0 Å². The summed E-state index contributed by atoms with van der Waals surface area (Å²) < 4.78 is 0. The van der Waals surface area contributed by atoms with E-state index >= 15 is 0 Å². The number of hydrogen-bond donors (Lipinski definition) is 2. The number of H-pyrrole nitrogens is 1. The minimum absolute atomic E-state index is 0.0993. The second-order valence-electron chi connectivity index (χ2n) is 5.80. The molecule has 124 valence electrons. The van der Waals surface area contributed by atoms with Crippen molar-refractivity contribution in [2.75, 3.05) is 20.6 Å². The maximum atomic E-state index is 12.6. The molecule has 0 aliphatic rings. The van der Waals surface area contributed by atoms with Crippen LogP contribution in [0.15, 0.2) is 52.6 Å². The number of carbonyl (C=O) groups excluding carboxylic acids is 1. The summed E-state index contributed by atoms with van der Waals surface area (Å²) in [6.07, 6.45) is 0. The molecular weight excluding hydrogens is 322 g/mol. The van der Waals surface area contributed by atoms with Crippen molar-refractivity contribution in [1.29, 1.82) is 0 Å². The summed E-state index contributed by atoms with van der Waals surface area (Å²) in [5.41, 5.74) is 0.789. The lowest BCUT2D eigenvalue weighted by molar-refractivity contribution is 0.0944. The summed E-state index contributed by atoms with van der Waals surface area (Å²) in [4.78, 5) is 30.4. The molecule has 1 atom stereocenters. The minimum Gasteiger partial charge on any atom is -0.350 e. The molecule has 1 aromatic carbocycles. The van der Waals surface area contributed by atoms with Gasteiger partial charge in [0.2, 0.25) is 5.56 Å². The minimum atomic E-state index is -0.277. The molecule has 1 amide bonds. The van der Waals surface area contributed by atoms with E-state index in [9.17, 15) is 9.59 Å². The second kappa shape index (κ2) is 6.98. The van der Waals surface area contributed by atoms with Gasteiger partial charge in [0.25, 0.3) is 5.91 Å². The molecule has 6 heteroatoms. The Morgan fingerprint density at radius 3 is 2.75 bits per heavy atom. The van der Waals surface area contributed by atoms with Crippen molar-refractivity contribution in [3.05, 3.63) is 68.6 Å². The Kier molecular flexibility index (Phi) is 4.78. The molecule has 3 aromatic rings. The largest absolute Gasteiger partial charge is 0.350 e. The first-order valence-electron chi connectivity index (χ1n) is 7.66. The van der Waals surface area contributed by atoms with Gasteiger partial charge in [-0.05, 0) is 31.6 Å². The fraction of sp³-hybridized carbons (Fsp3) is 0.222. The number of hydrogen-bond acceptors (Lipinski definition) is 4. The van der Waals surface area contributed by atoms with Crippen LogP contribution in [0.1, 0.15) is 21.3 Å². The molecule has 2 N–H and O–H groups in total. The number of thiophene rings is 1. The number of benzene rings is 1. The normalized spacial score (nSPS) is 12.5. The molecule has 0 saturated carbocycles. The Morgan fingerprint density at radius 2 is 2.04 bits per heavy atom. The number of amides is 1. The maximum absolute atomic E-state index is 12.6. The van der Waals surface area contributed by atoms with Gasteiger partial charge in [-0.1, -0.05) is 24.3 Å². The Hall–Kier alpha value is -2.44. The molecule has 5 nitrogen and oxygen atoms in total. The molecule has 0 bridgehead atoms. The smallest absolute Gasteiger partial charge is 0.252 e. The molecule has 0 aliphatic carbocycles. The van der Waals surface area contributed by atoms with Gasteiger partial charge in [-0.3, -0.25) is 9.59 Å². The fourth-order valence-corrected chi connectivity index (χ4v) is 3.62. The first-order chi connectivity index (χ1) is 11.6. The van der Waals surface area contributed by atoms with E-state index in [1.54, 1.807) is 17.4 Å². The van der Waals surface area contributed by atoms with Crippen LogP contribution in [0.3, 0.4) is 0 Å². The van der Waals surface area contributed by atoms with Crippen LogP contribution in [0.5, 0.6) is 0 Å². The highest BCUT2D eigenvalue weighted by molar-refractivity contribution is 7.10. The van der Waals surface area contributed by atoms with Gasteiger partial charge in [0.15, 0.2) is 0 Å². The van der Waals surface area contributed by atoms with Crippen LogP contribution >= 0.6 is 11.3 Å². The number of likely N-dealkylation sites (N-methyl/N-ethyl adjacent to an activating group) is 1. The van der Waals surface area contributed by atoms with E-state index in [2.05, 4.69) is 21.3 Å². The molecular formula is C18H19N3O2S. The number of nitrogens with one attached hydrogen (secondary N) is 2. The van der Waals surface area contributed by atoms with Gasteiger partial charge in [0.1, 0.15) is 0 Å². The van der Waals surface area contributed by atoms with E-state index < -0.39 is 0 Å². The van der Waals surface area contributed by atoms with Crippen LogP contribution in [0.2, 0.25) is 0 Å². The van der Waals surface area contributed by atoms with Gasteiger partial charge >= 0.3 is 0 Å². The molecule has 0 saturated heterocycles. The van der Waals surface area contributed by atoms with E-state index in [1.165, 1.54) is 10.9 Å². The van der Waals surface area contributed by atoms with Crippen LogP contribution in [-0.4, -0.2) is 36.4 Å². The van der Waals surface area contributed by atoms with Gasteiger partial charge in [-0.15, -0.1) is 11.3 Å². The summed E-state index contributed by atoms with van der Waals surface area (Å²) in [5.74, 6) is -0.235. The average Bonchev–Trinajstić information content (AvgIpc) is 3.07. The highest BCUT2D eigenvalue weighted by Gasteiger charge is 2.18. The highest BCUT2D eigenvalue weighted by Crippen LogP contribution is 2.22. The summed E-state index contributed by atoms with van der Waals surface area (Å²) in [5, 5.41) is 5.73. The van der Waals surface area contributed by atoms with Gasteiger partial charge in [0.05, 0.1) is 11.6 Å². The van der Waals surface area contributed by atoms with Crippen molar-refractivity contribution in [1.82, 2.24) is 15.2 Å². The number of aromatic nitrogens is 1. The molecule has 0 aliphatic heterocycles. The third-order valence-corrected chi connectivity index (χ3v) is 4.92. The summed E-state index contributed by atoms with van der Waals surface area (Å²) >= 11 is 1.66. The van der Waals surface area contributed by atoms with Gasteiger partial charge in [0, 0.05) is 28.4 Å². The molecule has 24 heavy (non-hydrogen) atoms. The average molecular weight is 341 g/mol. The molecule has 2 aromatic heterocycles. The number of para-hydroxylation sites is 1. The maximum Gasteiger partial charge on any atom is 0.252 e. The van der Waals surface area contributed by atoms with Crippen LogP contribution in [0, 0.1) is 0 Å². The van der Waals surface area contributed by atoms with Crippen molar-refractivity contribution >= 4 is 28.1 Å². The monoisotopic (exact) mass is 341 g/mol. The second-order valence-corrected chi connectivity index (χ2v) is 6.78. The Labute approximate surface area is 143 Å². The van der Waals surface area contributed by atoms with Crippen molar-refractivity contribution in [2.45, 2.75) is 6.04 Å². The SMILES string of the molecule is CN(C)C(CNC(=O)c1cc(=O)[nH]c2ccccc12)c1cccs1. The molecule has 0 fully saturated rings. The zero-order chi connectivity index (χ0) is 17.1.